The van der Waals surface area contributed by atoms with Crippen LogP contribution in [0.5, 0.6) is 11.5 Å². The Morgan fingerprint density at radius 1 is 1.00 bits per heavy atom. The lowest BCUT2D eigenvalue weighted by molar-refractivity contribution is 0.390. The first kappa shape index (κ1) is 14.2. The summed E-state index contributed by atoms with van der Waals surface area (Å²) in [6, 6.07) is 15.7. The maximum atomic E-state index is 8.39. The molecule has 0 fully saturated rings. The predicted octanol–water partition coefficient (Wildman–Crippen LogP) is 3.19. The summed E-state index contributed by atoms with van der Waals surface area (Å²) < 4.78 is 12.6. The number of aromatic nitrogens is 1. The van der Waals surface area contributed by atoms with Gasteiger partial charge in [-0.2, -0.15) is 0 Å². The summed E-state index contributed by atoms with van der Waals surface area (Å²) in [7, 11) is 3.28. The number of fused-ring (bicyclic) bond motifs is 1. The highest BCUT2D eigenvalue weighted by Crippen LogP contribution is 2.25. The van der Waals surface area contributed by atoms with Crippen LogP contribution in [0, 0.1) is 5.41 Å². The molecule has 0 atom stereocenters. The molecule has 0 bridgehead atoms. The van der Waals surface area contributed by atoms with Gasteiger partial charge in [-0.15, -0.1) is 0 Å². The Kier molecular flexibility index (Phi) is 3.83. The molecule has 0 saturated heterocycles. The lowest BCUT2D eigenvalue weighted by Gasteiger charge is -2.13. The third kappa shape index (κ3) is 2.55. The van der Waals surface area contributed by atoms with Gasteiger partial charge in [0.2, 0.25) is 0 Å². The molecule has 112 valence electrons. The molecule has 22 heavy (non-hydrogen) atoms. The highest BCUT2D eigenvalue weighted by molar-refractivity contribution is 5.80. The summed E-state index contributed by atoms with van der Waals surface area (Å²) in [5.74, 6) is 1.52. The van der Waals surface area contributed by atoms with Crippen molar-refractivity contribution < 1.29 is 9.47 Å². The summed E-state index contributed by atoms with van der Waals surface area (Å²) in [5, 5.41) is 10.4. The SMILES string of the molecule is COc1ccc(Cn2ccc3ccccc3c2=N)c(OC)c1. The number of benzene rings is 2. The lowest BCUT2D eigenvalue weighted by Crippen LogP contribution is -2.20. The molecule has 4 heteroatoms. The van der Waals surface area contributed by atoms with Gasteiger partial charge in [-0.1, -0.05) is 24.3 Å². The molecule has 0 amide bonds. The average Bonchev–Trinajstić information content (AvgIpc) is 2.58. The Morgan fingerprint density at radius 3 is 2.59 bits per heavy atom. The first-order chi connectivity index (χ1) is 10.7. The van der Waals surface area contributed by atoms with Gasteiger partial charge >= 0.3 is 0 Å². The van der Waals surface area contributed by atoms with Gasteiger partial charge in [0.1, 0.15) is 17.0 Å². The Balaban J connectivity index is 2.03. The van der Waals surface area contributed by atoms with Crippen molar-refractivity contribution in [1.29, 1.82) is 5.41 Å². The number of methoxy groups -OCH3 is 2. The number of rotatable bonds is 4. The zero-order valence-electron chi connectivity index (χ0n) is 12.7. The van der Waals surface area contributed by atoms with Gasteiger partial charge in [0, 0.05) is 23.2 Å². The van der Waals surface area contributed by atoms with Crippen LogP contribution in [0.15, 0.2) is 54.7 Å². The van der Waals surface area contributed by atoms with E-state index in [4.69, 9.17) is 14.9 Å². The number of nitrogens with one attached hydrogen (secondary N) is 1. The van der Waals surface area contributed by atoms with Crippen molar-refractivity contribution in [2.24, 2.45) is 0 Å². The first-order valence-electron chi connectivity index (χ1n) is 7.06. The normalized spacial score (nSPS) is 10.6. The van der Waals surface area contributed by atoms with E-state index in [-0.39, 0.29) is 0 Å². The Bertz CT molecular complexity index is 868. The maximum Gasteiger partial charge on any atom is 0.133 e. The molecule has 1 N–H and O–H groups in total. The fourth-order valence-electron chi connectivity index (χ4n) is 2.56. The van der Waals surface area contributed by atoms with E-state index in [9.17, 15) is 0 Å². The number of pyridine rings is 1. The van der Waals surface area contributed by atoms with E-state index in [1.807, 2.05) is 59.3 Å². The quantitative estimate of drug-likeness (QED) is 0.803. The van der Waals surface area contributed by atoms with E-state index < -0.39 is 0 Å². The molecule has 0 spiro atoms. The molecule has 0 radical (unpaired) electrons. The van der Waals surface area contributed by atoms with Crippen LogP contribution in [0.1, 0.15) is 5.56 Å². The largest absolute Gasteiger partial charge is 0.497 e. The first-order valence-corrected chi connectivity index (χ1v) is 7.06. The molecule has 2 aromatic carbocycles. The van der Waals surface area contributed by atoms with E-state index in [1.165, 1.54) is 0 Å². The molecule has 0 aliphatic carbocycles. The second-order valence-corrected chi connectivity index (χ2v) is 5.06. The number of nitrogens with zero attached hydrogens (tertiary/aromatic N) is 1. The van der Waals surface area contributed by atoms with Gasteiger partial charge in [-0.05, 0) is 23.6 Å². The molecule has 4 nitrogen and oxygen atoms in total. The molecule has 0 aliphatic heterocycles. The molecule has 1 aromatic heterocycles. The van der Waals surface area contributed by atoms with E-state index >= 15 is 0 Å². The van der Waals surface area contributed by atoms with Crippen molar-refractivity contribution >= 4 is 10.8 Å². The highest BCUT2D eigenvalue weighted by atomic mass is 16.5. The van der Waals surface area contributed by atoms with Crippen molar-refractivity contribution in [3.63, 3.8) is 0 Å². The van der Waals surface area contributed by atoms with Crippen molar-refractivity contribution in [2.45, 2.75) is 6.54 Å². The molecule has 3 rings (SSSR count). The molecule has 0 aliphatic rings. The van der Waals surface area contributed by atoms with E-state index in [0.29, 0.717) is 12.0 Å². The predicted molar refractivity (Wildman–Crippen MR) is 86.4 cm³/mol. The molecule has 1 heterocycles. The molecule has 3 aromatic rings. The third-order valence-corrected chi connectivity index (χ3v) is 3.77. The summed E-state index contributed by atoms with van der Waals surface area (Å²) in [5.41, 5.74) is 1.51. The smallest absolute Gasteiger partial charge is 0.133 e. The monoisotopic (exact) mass is 294 g/mol. The minimum Gasteiger partial charge on any atom is -0.497 e. The van der Waals surface area contributed by atoms with E-state index in [2.05, 4.69) is 0 Å². The lowest BCUT2D eigenvalue weighted by atomic mass is 10.1. The van der Waals surface area contributed by atoms with E-state index in [1.54, 1.807) is 14.2 Å². The minimum absolute atomic E-state index is 0.496. The van der Waals surface area contributed by atoms with Crippen molar-refractivity contribution in [3.8, 4) is 11.5 Å². The zero-order chi connectivity index (χ0) is 15.5. The van der Waals surface area contributed by atoms with Gasteiger partial charge in [-0.3, -0.25) is 5.41 Å². The van der Waals surface area contributed by atoms with Gasteiger partial charge in [-0.25, -0.2) is 0 Å². The van der Waals surface area contributed by atoms with Crippen LogP contribution in [0.25, 0.3) is 10.8 Å². The van der Waals surface area contributed by atoms with Gasteiger partial charge in [0.05, 0.1) is 20.8 Å². The maximum absolute atomic E-state index is 8.39. The second kappa shape index (κ2) is 5.93. The van der Waals surface area contributed by atoms with Crippen LogP contribution >= 0.6 is 0 Å². The summed E-state index contributed by atoms with van der Waals surface area (Å²) in [6.45, 7) is 0.580. The van der Waals surface area contributed by atoms with Gasteiger partial charge in [0.15, 0.2) is 0 Å². The van der Waals surface area contributed by atoms with Crippen molar-refractivity contribution in [3.05, 3.63) is 65.8 Å². The fourth-order valence-corrected chi connectivity index (χ4v) is 2.56. The molecule has 0 unspecified atom stereocenters. The van der Waals surface area contributed by atoms with Gasteiger partial charge in [0.25, 0.3) is 0 Å². The Hall–Kier alpha value is -2.75. The minimum atomic E-state index is 0.496. The molecular weight excluding hydrogens is 276 g/mol. The number of ether oxygens (including phenoxy) is 2. The van der Waals surface area contributed by atoms with E-state index in [0.717, 1.165) is 27.8 Å². The average molecular weight is 294 g/mol. The van der Waals surface area contributed by atoms with Crippen molar-refractivity contribution in [2.75, 3.05) is 14.2 Å². The molecule has 0 saturated carbocycles. The van der Waals surface area contributed by atoms with Crippen LogP contribution in [0.3, 0.4) is 0 Å². The van der Waals surface area contributed by atoms with Gasteiger partial charge < -0.3 is 14.0 Å². The highest BCUT2D eigenvalue weighted by Gasteiger charge is 2.07. The van der Waals surface area contributed by atoms with Crippen LogP contribution in [0.4, 0.5) is 0 Å². The Labute approximate surface area is 129 Å². The summed E-state index contributed by atoms with van der Waals surface area (Å²) in [4.78, 5) is 0. The van der Waals surface area contributed by atoms with Crippen molar-refractivity contribution in [1.82, 2.24) is 4.57 Å². The summed E-state index contributed by atoms with van der Waals surface area (Å²) in [6.07, 6.45) is 1.94. The Morgan fingerprint density at radius 2 is 1.82 bits per heavy atom. The number of hydrogen-bond donors (Lipinski definition) is 1. The fraction of sp³-hybridized carbons (Fsp3) is 0.167. The van der Waals surface area contributed by atoms with Crippen LogP contribution in [0.2, 0.25) is 0 Å². The standard InChI is InChI=1S/C18H18N2O2/c1-21-15-8-7-14(17(11-15)22-2)12-20-10-9-13-5-3-4-6-16(13)18(20)19/h3-11,19H,12H2,1-2H3. The second-order valence-electron chi connectivity index (χ2n) is 5.06. The third-order valence-electron chi connectivity index (χ3n) is 3.77. The van der Waals surface area contributed by atoms with Crippen LogP contribution in [-0.4, -0.2) is 18.8 Å². The van der Waals surface area contributed by atoms with Crippen LogP contribution in [-0.2, 0) is 6.54 Å². The van der Waals surface area contributed by atoms with Crippen LogP contribution < -0.4 is 15.0 Å². The summed E-state index contributed by atoms with van der Waals surface area (Å²) >= 11 is 0. The topological polar surface area (TPSA) is 47.2 Å². The molecular formula is C18H18N2O2. The number of hydrogen-bond acceptors (Lipinski definition) is 3. The zero-order valence-corrected chi connectivity index (χ0v) is 12.7.